The normalized spacial score (nSPS) is 19.7. The Morgan fingerprint density at radius 3 is 2.56 bits per heavy atom. The van der Waals surface area contributed by atoms with Crippen LogP contribution in [0.3, 0.4) is 0 Å². The third kappa shape index (κ3) is 5.51. The van der Waals surface area contributed by atoms with Gasteiger partial charge >= 0.3 is 6.18 Å². The van der Waals surface area contributed by atoms with Crippen LogP contribution in [-0.2, 0) is 25.4 Å². The van der Waals surface area contributed by atoms with E-state index in [0.29, 0.717) is 17.8 Å². The van der Waals surface area contributed by atoms with Crippen LogP contribution in [0, 0.1) is 0 Å². The molecule has 2 atom stereocenters. The number of alkyl halides is 3. The minimum atomic E-state index is -4.44. The van der Waals surface area contributed by atoms with Crippen molar-refractivity contribution in [2.75, 3.05) is 19.6 Å². The van der Waals surface area contributed by atoms with Crippen molar-refractivity contribution in [2.24, 2.45) is 0 Å². The standard InChI is InChI=1S/C28H33F3N4O/c29-28(30,31)21-10-7-11-23(18-21)35-26(27(36)34-16-5-2-6-17-34)24-19-22(12-13-25(24)33-35)32-15-14-20-8-3-1-4-9-20/h1,3-4,7-11,18,22,27,32,36H,2,5-6,12-17,19H2. The highest BCUT2D eigenvalue weighted by molar-refractivity contribution is 5.42. The maximum atomic E-state index is 13.5. The highest BCUT2D eigenvalue weighted by Crippen LogP contribution is 2.35. The van der Waals surface area contributed by atoms with Gasteiger partial charge in [-0.2, -0.15) is 18.3 Å². The number of aromatic nitrogens is 2. The molecule has 2 aromatic carbocycles. The van der Waals surface area contributed by atoms with Gasteiger partial charge in [0, 0.05) is 24.7 Å². The SMILES string of the molecule is OC(c1c2c(nn1-c1cccc(C(F)(F)F)c1)CCC(NCCc1ccccc1)C2)N1CCCCC1. The molecule has 1 saturated heterocycles. The number of piperidine rings is 1. The third-order valence-corrected chi connectivity index (χ3v) is 7.38. The monoisotopic (exact) mass is 498 g/mol. The Morgan fingerprint density at radius 2 is 1.81 bits per heavy atom. The molecule has 0 bridgehead atoms. The van der Waals surface area contributed by atoms with E-state index in [1.54, 1.807) is 10.7 Å². The molecule has 1 fully saturated rings. The second-order valence-electron chi connectivity index (χ2n) is 9.87. The van der Waals surface area contributed by atoms with Crippen LogP contribution < -0.4 is 5.32 Å². The Kier molecular flexibility index (Phi) is 7.46. The van der Waals surface area contributed by atoms with Gasteiger partial charge in [-0.15, -0.1) is 0 Å². The summed E-state index contributed by atoms with van der Waals surface area (Å²) >= 11 is 0. The number of aliphatic hydroxyl groups excluding tert-OH is 1. The molecule has 5 rings (SSSR count). The Labute approximate surface area is 209 Å². The molecule has 1 aliphatic heterocycles. The van der Waals surface area contributed by atoms with Crippen molar-refractivity contribution in [3.05, 3.63) is 82.7 Å². The number of likely N-dealkylation sites (tertiary alicyclic amines) is 1. The van der Waals surface area contributed by atoms with E-state index in [-0.39, 0.29) is 6.04 Å². The first kappa shape index (κ1) is 25.0. The number of rotatable bonds is 7. The fourth-order valence-corrected chi connectivity index (χ4v) is 5.44. The van der Waals surface area contributed by atoms with Crippen molar-refractivity contribution in [3.8, 4) is 5.69 Å². The van der Waals surface area contributed by atoms with Crippen LogP contribution in [0.5, 0.6) is 0 Å². The maximum absolute atomic E-state index is 13.5. The summed E-state index contributed by atoms with van der Waals surface area (Å²) in [5, 5.41) is 19.9. The van der Waals surface area contributed by atoms with Crippen LogP contribution in [0.2, 0.25) is 0 Å². The number of nitrogens with one attached hydrogen (secondary N) is 1. The first-order chi connectivity index (χ1) is 17.4. The van der Waals surface area contributed by atoms with Gasteiger partial charge in [0.2, 0.25) is 0 Å². The average molecular weight is 499 g/mol. The summed E-state index contributed by atoms with van der Waals surface area (Å²) in [7, 11) is 0. The molecule has 2 unspecified atom stereocenters. The molecule has 36 heavy (non-hydrogen) atoms. The predicted octanol–water partition coefficient (Wildman–Crippen LogP) is 5.06. The number of benzene rings is 2. The molecular formula is C28H33F3N4O. The minimum Gasteiger partial charge on any atom is -0.372 e. The summed E-state index contributed by atoms with van der Waals surface area (Å²) in [5.41, 5.74) is 3.35. The molecule has 2 heterocycles. The molecule has 0 amide bonds. The quantitative estimate of drug-likeness (QED) is 0.478. The van der Waals surface area contributed by atoms with Gasteiger partial charge in [-0.1, -0.05) is 42.8 Å². The first-order valence-corrected chi connectivity index (χ1v) is 12.9. The average Bonchev–Trinajstić information content (AvgIpc) is 3.28. The van der Waals surface area contributed by atoms with E-state index in [9.17, 15) is 18.3 Å². The Bertz CT molecular complexity index is 1160. The van der Waals surface area contributed by atoms with Gasteiger partial charge in [-0.3, -0.25) is 4.90 Å². The lowest BCUT2D eigenvalue weighted by Crippen LogP contribution is -2.38. The fraction of sp³-hybridized carbons (Fsp3) is 0.464. The van der Waals surface area contributed by atoms with Crippen molar-refractivity contribution < 1.29 is 18.3 Å². The van der Waals surface area contributed by atoms with E-state index in [1.165, 1.54) is 11.6 Å². The van der Waals surface area contributed by atoms with E-state index in [2.05, 4.69) is 17.4 Å². The number of halogens is 3. The van der Waals surface area contributed by atoms with Gasteiger partial charge in [-0.25, -0.2) is 4.68 Å². The number of aliphatic hydroxyl groups is 1. The van der Waals surface area contributed by atoms with Gasteiger partial charge < -0.3 is 10.4 Å². The van der Waals surface area contributed by atoms with Gasteiger partial charge in [-0.05, 0) is 68.8 Å². The van der Waals surface area contributed by atoms with Crippen molar-refractivity contribution in [3.63, 3.8) is 0 Å². The smallest absolute Gasteiger partial charge is 0.372 e. The van der Waals surface area contributed by atoms with Gasteiger partial charge in [0.25, 0.3) is 0 Å². The second kappa shape index (κ2) is 10.7. The van der Waals surface area contributed by atoms with Gasteiger partial charge in [0.1, 0.15) is 0 Å². The number of hydrogen-bond donors (Lipinski definition) is 2. The number of nitrogens with zero attached hydrogens (tertiary/aromatic N) is 3. The lowest BCUT2D eigenvalue weighted by molar-refractivity contribution is -0.137. The zero-order chi connectivity index (χ0) is 25.1. The van der Waals surface area contributed by atoms with Gasteiger partial charge in [0.15, 0.2) is 6.23 Å². The number of hydrogen-bond acceptors (Lipinski definition) is 4. The van der Waals surface area contributed by atoms with Gasteiger partial charge in [0.05, 0.1) is 22.6 Å². The van der Waals surface area contributed by atoms with Crippen molar-refractivity contribution >= 4 is 0 Å². The van der Waals surface area contributed by atoms with E-state index in [1.807, 2.05) is 23.1 Å². The van der Waals surface area contributed by atoms with Crippen molar-refractivity contribution in [1.82, 2.24) is 20.0 Å². The summed E-state index contributed by atoms with van der Waals surface area (Å²) in [5.74, 6) is 0. The third-order valence-electron chi connectivity index (χ3n) is 7.38. The van der Waals surface area contributed by atoms with Crippen LogP contribution >= 0.6 is 0 Å². The Balaban J connectivity index is 1.43. The molecule has 0 radical (unpaired) electrons. The summed E-state index contributed by atoms with van der Waals surface area (Å²) in [4.78, 5) is 2.03. The largest absolute Gasteiger partial charge is 0.416 e. The molecule has 5 nitrogen and oxygen atoms in total. The molecule has 0 spiro atoms. The maximum Gasteiger partial charge on any atom is 0.416 e. The summed E-state index contributed by atoms with van der Waals surface area (Å²) in [6, 6.07) is 15.8. The van der Waals surface area contributed by atoms with E-state index in [0.717, 1.165) is 81.5 Å². The highest BCUT2D eigenvalue weighted by atomic mass is 19.4. The Hall–Kier alpha value is -2.68. The van der Waals surface area contributed by atoms with Crippen molar-refractivity contribution in [1.29, 1.82) is 0 Å². The Morgan fingerprint density at radius 1 is 1.03 bits per heavy atom. The summed E-state index contributed by atoms with van der Waals surface area (Å²) < 4.78 is 41.9. The molecule has 0 saturated carbocycles. The number of fused-ring (bicyclic) bond motifs is 1. The molecule has 8 heteroatoms. The highest BCUT2D eigenvalue weighted by Gasteiger charge is 2.34. The predicted molar refractivity (Wildman–Crippen MR) is 133 cm³/mol. The minimum absolute atomic E-state index is 0.229. The second-order valence-corrected chi connectivity index (χ2v) is 9.87. The van der Waals surface area contributed by atoms with E-state index >= 15 is 0 Å². The van der Waals surface area contributed by atoms with Crippen LogP contribution in [0.15, 0.2) is 54.6 Å². The number of aryl methyl sites for hydroxylation is 1. The lowest BCUT2D eigenvalue weighted by Gasteiger charge is -2.33. The molecule has 1 aromatic heterocycles. The lowest BCUT2D eigenvalue weighted by atomic mass is 9.90. The summed E-state index contributed by atoms with van der Waals surface area (Å²) in [6.07, 6.45) is 1.04. The molecular weight excluding hydrogens is 465 g/mol. The zero-order valence-corrected chi connectivity index (χ0v) is 20.3. The molecule has 2 aliphatic rings. The molecule has 2 N–H and O–H groups in total. The fourth-order valence-electron chi connectivity index (χ4n) is 5.44. The van der Waals surface area contributed by atoms with Crippen molar-refractivity contribution in [2.45, 2.75) is 63.4 Å². The summed E-state index contributed by atoms with van der Waals surface area (Å²) in [6.45, 7) is 2.38. The van der Waals surface area contributed by atoms with E-state index < -0.39 is 18.0 Å². The van der Waals surface area contributed by atoms with Crippen LogP contribution in [0.25, 0.3) is 5.69 Å². The molecule has 192 valence electrons. The molecule has 1 aliphatic carbocycles. The molecule has 3 aromatic rings. The zero-order valence-electron chi connectivity index (χ0n) is 20.3. The topological polar surface area (TPSA) is 53.3 Å². The van der Waals surface area contributed by atoms with Crippen LogP contribution in [0.4, 0.5) is 13.2 Å². The van der Waals surface area contributed by atoms with E-state index in [4.69, 9.17) is 5.10 Å². The van der Waals surface area contributed by atoms with Crippen LogP contribution in [0.1, 0.15) is 60.0 Å². The first-order valence-electron chi connectivity index (χ1n) is 12.9. The van der Waals surface area contributed by atoms with Crippen LogP contribution in [-0.4, -0.2) is 45.5 Å².